The van der Waals surface area contributed by atoms with Crippen LogP contribution in [0.4, 0.5) is 18.3 Å². The predicted octanol–water partition coefficient (Wildman–Crippen LogP) is 4.20. The number of aromatic nitrogens is 2. The summed E-state index contributed by atoms with van der Waals surface area (Å²) in [4.78, 5) is 32.4. The van der Waals surface area contributed by atoms with Crippen LogP contribution in [-0.4, -0.2) is 69.4 Å². The number of benzene rings is 1. The molecule has 2 fully saturated rings. The molecule has 1 atom stereocenters. The highest BCUT2D eigenvalue weighted by Crippen LogP contribution is 2.37. The van der Waals surface area contributed by atoms with Gasteiger partial charge in [0, 0.05) is 41.8 Å². The standard InChI is InChI=1S/C21H22N4O2S.C2HF3O2/c26-19(16-3-4-18-15(12-16)2-1-7-22-18)25-9-5-21(6-10-25)13-17(14-27-21)24-20-23-8-11-28-20;3-2(4,5)1(6)7/h1-4,7-8,11-12,17H,5-6,9-10,13-14H2,(H,23,24);(H,6,7). The average Bonchev–Trinajstić information content (AvgIpc) is 3.49. The summed E-state index contributed by atoms with van der Waals surface area (Å²) < 4.78 is 37.9. The number of rotatable bonds is 3. The number of aliphatic carboxylic acids is 1. The molecule has 35 heavy (non-hydrogen) atoms. The molecule has 8 nitrogen and oxygen atoms in total. The van der Waals surface area contributed by atoms with E-state index in [0.29, 0.717) is 12.6 Å². The third kappa shape index (κ3) is 6.06. The van der Waals surface area contributed by atoms with Crippen molar-refractivity contribution in [3.63, 3.8) is 0 Å². The minimum absolute atomic E-state index is 0.0936. The van der Waals surface area contributed by atoms with E-state index in [1.807, 2.05) is 46.8 Å². The number of nitrogens with zero attached hydrogens (tertiary/aromatic N) is 3. The van der Waals surface area contributed by atoms with Crippen molar-refractivity contribution in [2.45, 2.75) is 37.1 Å². The molecule has 2 N–H and O–H groups in total. The summed E-state index contributed by atoms with van der Waals surface area (Å²) in [7, 11) is 0. The monoisotopic (exact) mass is 508 g/mol. The van der Waals surface area contributed by atoms with Crippen LogP contribution in [0.2, 0.25) is 0 Å². The molecule has 1 aromatic carbocycles. The molecular weight excluding hydrogens is 485 g/mol. The van der Waals surface area contributed by atoms with Crippen LogP contribution >= 0.6 is 11.3 Å². The maximum absolute atomic E-state index is 13.0. The van der Waals surface area contributed by atoms with Gasteiger partial charge in [-0.1, -0.05) is 6.07 Å². The third-order valence-corrected chi connectivity index (χ3v) is 6.73. The lowest BCUT2D eigenvalue weighted by molar-refractivity contribution is -0.192. The van der Waals surface area contributed by atoms with Gasteiger partial charge in [0.25, 0.3) is 5.91 Å². The summed E-state index contributed by atoms with van der Waals surface area (Å²) >= 11 is 1.61. The van der Waals surface area contributed by atoms with Gasteiger partial charge < -0.3 is 20.1 Å². The molecule has 12 heteroatoms. The van der Waals surface area contributed by atoms with E-state index in [-0.39, 0.29) is 11.5 Å². The second-order valence-electron chi connectivity index (χ2n) is 8.38. The van der Waals surface area contributed by atoms with Crippen molar-refractivity contribution < 1.29 is 32.6 Å². The fourth-order valence-electron chi connectivity index (χ4n) is 4.26. The molecule has 4 heterocycles. The van der Waals surface area contributed by atoms with E-state index in [2.05, 4.69) is 15.3 Å². The molecule has 0 radical (unpaired) electrons. The Morgan fingerprint density at radius 2 is 1.91 bits per heavy atom. The Hall–Kier alpha value is -3.25. The molecule has 1 amide bonds. The first-order chi connectivity index (χ1) is 16.7. The van der Waals surface area contributed by atoms with E-state index in [9.17, 15) is 18.0 Å². The number of anilines is 1. The molecule has 1 spiro atoms. The SMILES string of the molecule is O=C(O)C(F)(F)F.O=C(c1ccc2ncccc2c1)N1CCC2(CC1)CC(Nc1nccs1)CO2. The molecule has 1 unspecified atom stereocenters. The van der Waals surface area contributed by atoms with Gasteiger partial charge in [-0.05, 0) is 43.5 Å². The Morgan fingerprint density at radius 1 is 1.17 bits per heavy atom. The van der Waals surface area contributed by atoms with Crippen molar-refractivity contribution in [1.82, 2.24) is 14.9 Å². The van der Waals surface area contributed by atoms with E-state index in [4.69, 9.17) is 14.6 Å². The quantitative estimate of drug-likeness (QED) is 0.546. The number of carboxylic acid groups (broad SMARTS) is 1. The van der Waals surface area contributed by atoms with Crippen LogP contribution in [0.5, 0.6) is 0 Å². The molecule has 0 aliphatic carbocycles. The average molecular weight is 509 g/mol. The Bertz CT molecular complexity index is 1180. The van der Waals surface area contributed by atoms with E-state index < -0.39 is 12.1 Å². The molecule has 0 saturated carbocycles. The zero-order chi connectivity index (χ0) is 25.1. The third-order valence-electron chi connectivity index (χ3n) is 6.02. The number of pyridine rings is 1. The fourth-order valence-corrected chi connectivity index (χ4v) is 4.87. The number of fused-ring (bicyclic) bond motifs is 1. The van der Waals surface area contributed by atoms with Gasteiger partial charge in [0.15, 0.2) is 5.13 Å². The molecule has 2 aromatic heterocycles. The molecule has 2 saturated heterocycles. The number of thiazole rings is 1. The number of carbonyl (C=O) groups excluding carboxylic acids is 1. The van der Waals surface area contributed by atoms with E-state index in [1.165, 1.54) is 0 Å². The number of piperidine rings is 1. The topological polar surface area (TPSA) is 105 Å². The van der Waals surface area contributed by atoms with Gasteiger partial charge in [-0.2, -0.15) is 13.2 Å². The van der Waals surface area contributed by atoms with Crippen molar-refractivity contribution >= 4 is 39.2 Å². The number of halogens is 3. The molecule has 0 bridgehead atoms. The summed E-state index contributed by atoms with van der Waals surface area (Å²) in [5.74, 6) is -2.66. The lowest BCUT2D eigenvalue weighted by atomic mass is 9.87. The van der Waals surface area contributed by atoms with Crippen LogP contribution in [0.1, 0.15) is 29.6 Å². The lowest BCUT2D eigenvalue weighted by Crippen LogP contribution is -2.46. The maximum Gasteiger partial charge on any atom is 0.490 e. The minimum Gasteiger partial charge on any atom is -0.475 e. The summed E-state index contributed by atoms with van der Waals surface area (Å²) in [6.07, 6.45) is 1.22. The highest BCUT2D eigenvalue weighted by Gasteiger charge is 2.43. The summed E-state index contributed by atoms with van der Waals surface area (Å²) in [5.41, 5.74) is 1.53. The number of amides is 1. The van der Waals surface area contributed by atoms with E-state index in [1.54, 1.807) is 17.5 Å². The molecule has 5 rings (SSSR count). The van der Waals surface area contributed by atoms with Crippen molar-refractivity contribution in [1.29, 1.82) is 0 Å². The number of alkyl halides is 3. The number of carboxylic acids is 1. The predicted molar refractivity (Wildman–Crippen MR) is 123 cm³/mol. The van der Waals surface area contributed by atoms with Gasteiger partial charge in [-0.15, -0.1) is 11.3 Å². The van der Waals surface area contributed by atoms with Crippen LogP contribution in [0, 0.1) is 0 Å². The smallest absolute Gasteiger partial charge is 0.475 e. The number of hydrogen-bond donors (Lipinski definition) is 2. The summed E-state index contributed by atoms with van der Waals surface area (Å²) in [6, 6.07) is 9.92. The zero-order valence-electron chi connectivity index (χ0n) is 18.5. The van der Waals surface area contributed by atoms with Crippen molar-refractivity contribution in [2.24, 2.45) is 0 Å². The highest BCUT2D eigenvalue weighted by atomic mass is 32.1. The summed E-state index contributed by atoms with van der Waals surface area (Å²) in [6.45, 7) is 2.16. The molecule has 3 aromatic rings. The number of nitrogens with one attached hydrogen (secondary N) is 1. The van der Waals surface area contributed by atoms with Crippen molar-refractivity contribution in [3.8, 4) is 0 Å². The Morgan fingerprint density at radius 3 is 2.57 bits per heavy atom. The van der Waals surface area contributed by atoms with E-state index >= 15 is 0 Å². The van der Waals surface area contributed by atoms with Crippen LogP contribution in [-0.2, 0) is 9.53 Å². The first-order valence-corrected chi connectivity index (χ1v) is 11.8. The zero-order valence-corrected chi connectivity index (χ0v) is 19.3. The maximum atomic E-state index is 13.0. The van der Waals surface area contributed by atoms with Crippen LogP contribution < -0.4 is 5.32 Å². The van der Waals surface area contributed by atoms with Gasteiger partial charge in [0.05, 0.1) is 23.8 Å². The van der Waals surface area contributed by atoms with Gasteiger partial charge in [0.2, 0.25) is 0 Å². The van der Waals surface area contributed by atoms with Crippen molar-refractivity contribution in [2.75, 3.05) is 25.0 Å². The molecule has 2 aliphatic rings. The Labute approximate surface area is 202 Å². The first kappa shape index (κ1) is 24.9. The Balaban J connectivity index is 0.000000364. The molecule has 2 aliphatic heterocycles. The Kier molecular flexibility index (Phi) is 7.22. The van der Waals surface area contributed by atoms with Crippen LogP contribution in [0.3, 0.4) is 0 Å². The molecule has 186 valence electrons. The van der Waals surface area contributed by atoms with Crippen LogP contribution in [0.25, 0.3) is 10.9 Å². The molecular formula is C23H23F3N4O4S. The van der Waals surface area contributed by atoms with Gasteiger partial charge in [-0.3, -0.25) is 9.78 Å². The fraction of sp³-hybridized carbons (Fsp3) is 0.391. The lowest BCUT2D eigenvalue weighted by Gasteiger charge is -2.38. The largest absolute Gasteiger partial charge is 0.490 e. The second kappa shape index (κ2) is 10.2. The van der Waals surface area contributed by atoms with Crippen molar-refractivity contribution in [3.05, 3.63) is 53.7 Å². The number of likely N-dealkylation sites (tertiary alicyclic amines) is 1. The number of ether oxygens (including phenoxy) is 1. The normalized spacial score (nSPS) is 19.3. The van der Waals surface area contributed by atoms with Crippen LogP contribution in [0.15, 0.2) is 48.1 Å². The number of hydrogen-bond acceptors (Lipinski definition) is 7. The number of carbonyl (C=O) groups is 2. The van der Waals surface area contributed by atoms with Gasteiger partial charge in [-0.25, -0.2) is 9.78 Å². The van der Waals surface area contributed by atoms with E-state index in [0.717, 1.165) is 53.9 Å². The van der Waals surface area contributed by atoms with Gasteiger partial charge >= 0.3 is 12.1 Å². The summed E-state index contributed by atoms with van der Waals surface area (Å²) in [5, 5.41) is 14.5. The minimum atomic E-state index is -5.08. The van der Waals surface area contributed by atoms with Gasteiger partial charge in [0.1, 0.15) is 0 Å². The second-order valence-corrected chi connectivity index (χ2v) is 9.28. The highest BCUT2D eigenvalue weighted by molar-refractivity contribution is 7.13. The first-order valence-electron chi connectivity index (χ1n) is 10.9.